The van der Waals surface area contributed by atoms with Gasteiger partial charge in [0, 0.05) is 18.8 Å². The molecule has 0 fully saturated rings. The molecule has 0 radical (unpaired) electrons. The molecule has 0 aliphatic carbocycles. The summed E-state index contributed by atoms with van der Waals surface area (Å²) in [4.78, 5) is 2.10. The Morgan fingerprint density at radius 2 is 2.12 bits per heavy atom. The third kappa shape index (κ3) is 5.15. The van der Waals surface area contributed by atoms with Crippen LogP contribution in [0.3, 0.4) is 0 Å². The SMILES string of the molecule is CC(C)OCCN(C)Cc1ccc(F)cc1N. The van der Waals surface area contributed by atoms with Gasteiger partial charge in [-0.15, -0.1) is 0 Å². The van der Waals surface area contributed by atoms with E-state index in [9.17, 15) is 4.39 Å². The van der Waals surface area contributed by atoms with Gasteiger partial charge in [0.2, 0.25) is 0 Å². The van der Waals surface area contributed by atoms with E-state index in [4.69, 9.17) is 10.5 Å². The Balaban J connectivity index is 2.42. The van der Waals surface area contributed by atoms with Crippen molar-refractivity contribution in [3.8, 4) is 0 Å². The van der Waals surface area contributed by atoms with Crippen LogP contribution in [0.4, 0.5) is 10.1 Å². The lowest BCUT2D eigenvalue weighted by Gasteiger charge is -2.18. The summed E-state index contributed by atoms with van der Waals surface area (Å²) in [6.45, 7) is 6.24. The lowest BCUT2D eigenvalue weighted by molar-refractivity contribution is 0.0627. The van der Waals surface area contributed by atoms with Crippen molar-refractivity contribution in [2.75, 3.05) is 25.9 Å². The monoisotopic (exact) mass is 240 g/mol. The topological polar surface area (TPSA) is 38.5 Å². The molecule has 0 saturated heterocycles. The van der Waals surface area contributed by atoms with Crippen LogP contribution in [0.2, 0.25) is 0 Å². The van der Waals surface area contributed by atoms with Crippen molar-refractivity contribution >= 4 is 5.69 Å². The van der Waals surface area contributed by atoms with Gasteiger partial charge in [-0.1, -0.05) is 6.07 Å². The number of hydrogen-bond acceptors (Lipinski definition) is 3. The van der Waals surface area contributed by atoms with E-state index >= 15 is 0 Å². The summed E-state index contributed by atoms with van der Waals surface area (Å²) in [7, 11) is 1.99. The molecule has 0 aromatic heterocycles. The van der Waals surface area contributed by atoms with E-state index in [1.54, 1.807) is 6.07 Å². The highest BCUT2D eigenvalue weighted by molar-refractivity contribution is 5.46. The van der Waals surface area contributed by atoms with Crippen molar-refractivity contribution in [1.82, 2.24) is 4.90 Å². The fourth-order valence-electron chi connectivity index (χ4n) is 1.52. The highest BCUT2D eigenvalue weighted by Crippen LogP contribution is 2.14. The van der Waals surface area contributed by atoms with Crippen molar-refractivity contribution < 1.29 is 9.13 Å². The Kier molecular flexibility index (Phi) is 5.38. The lowest BCUT2D eigenvalue weighted by atomic mass is 10.1. The minimum absolute atomic E-state index is 0.249. The van der Waals surface area contributed by atoms with Gasteiger partial charge in [0.1, 0.15) is 5.82 Å². The van der Waals surface area contributed by atoms with E-state index in [-0.39, 0.29) is 11.9 Å². The Bertz CT molecular complexity index is 355. The van der Waals surface area contributed by atoms with Crippen LogP contribution >= 0.6 is 0 Å². The van der Waals surface area contributed by atoms with Gasteiger partial charge < -0.3 is 10.5 Å². The standard InChI is InChI=1S/C13H21FN2O/c1-10(2)17-7-6-16(3)9-11-4-5-12(14)8-13(11)15/h4-5,8,10H,6-7,9,15H2,1-3H3. The largest absolute Gasteiger partial charge is 0.398 e. The van der Waals surface area contributed by atoms with Gasteiger partial charge in [0.05, 0.1) is 12.7 Å². The third-order valence-electron chi connectivity index (χ3n) is 2.47. The highest BCUT2D eigenvalue weighted by atomic mass is 19.1. The first kappa shape index (κ1) is 13.9. The maximum atomic E-state index is 12.9. The molecule has 3 nitrogen and oxygen atoms in total. The van der Waals surface area contributed by atoms with E-state index in [0.717, 1.165) is 12.1 Å². The highest BCUT2D eigenvalue weighted by Gasteiger charge is 2.05. The molecule has 96 valence electrons. The number of halogens is 1. The summed E-state index contributed by atoms with van der Waals surface area (Å²) in [5.74, 6) is -0.294. The van der Waals surface area contributed by atoms with Crippen molar-refractivity contribution in [2.24, 2.45) is 0 Å². The Labute approximate surface area is 102 Å². The van der Waals surface area contributed by atoms with E-state index in [1.807, 2.05) is 20.9 Å². The summed E-state index contributed by atoms with van der Waals surface area (Å²) in [5.41, 5.74) is 7.19. The molecule has 0 heterocycles. The number of benzene rings is 1. The van der Waals surface area contributed by atoms with Crippen LogP contribution in [-0.4, -0.2) is 31.2 Å². The van der Waals surface area contributed by atoms with Gasteiger partial charge in [-0.2, -0.15) is 0 Å². The number of ether oxygens (including phenoxy) is 1. The quantitative estimate of drug-likeness (QED) is 0.775. The Hall–Kier alpha value is -1.13. The smallest absolute Gasteiger partial charge is 0.125 e. The number of nitrogen functional groups attached to an aromatic ring is 1. The summed E-state index contributed by atoms with van der Waals surface area (Å²) in [6, 6.07) is 4.52. The molecule has 1 aromatic rings. The molecule has 0 aliphatic heterocycles. The molecule has 4 heteroatoms. The third-order valence-corrected chi connectivity index (χ3v) is 2.47. The first-order valence-electron chi connectivity index (χ1n) is 5.83. The van der Waals surface area contributed by atoms with Gasteiger partial charge in [0.25, 0.3) is 0 Å². The zero-order chi connectivity index (χ0) is 12.8. The van der Waals surface area contributed by atoms with Crippen molar-refractivity contribution in [2.45, 2.75) is 26.5 Å². The number of rotatable bonds is 6. The van der Waals surface area contributed by atoms with Crippen LogP contribution in [0.25, 0.3) is 0 Å². The number of nitrogens with zero attached hydrogens (tertiary/aromatic N) is 1. The summed E-state index contributed by atoms with van der Waals surface area (Å²) >= 11 is 0. The van der Waals surface area contributed by atoms with Crippen LogP contribution in [0.5, 0.6) is 0 Å². The second-order valence-electron chi connectivity index (χ2n) is 4.50. The normalized spacial score (nSPS) is 11.4. The van der Waals surface area contributed by atoms with Gasteiger partial charge >= 0.3 is 0 Å². The van der Waals surface area contributed by atoms with Crippen molar-refractivity contribution in [3.63, 3.8) is 0 Å². The van der Waals surface area contributed by atoms with Gasteiger partial charge in [-0.25, -0.2) is 4.39 Å². The first-order chi connectivity index (χ1) is 7.99. The zero-order valence-electron chi connectivity index (χ0n) is 10.7. The molecule has 17 heavy (non-hydrogen) atoms. The number of hydrogen-bond donors (Lipinski definition) is 1. The number of likely N-dealkylation sites (N-methyl/N-ethyl adjacent to an activating group) is 1. The summed E-state index contributed by atoms with van der Waals surface area (Å²) < 4.78 is 18.3. The molecular formula is C13H21FN2O. The molecule has 0 amide bonds. The molecule has 1 rings (SSSR count). The van der Waals surface area contributed by atoms with Gasteiger partial charge in [-0.3, -0.25) is 4.90 Å². The van der Waals surface area contributed by atoms with E-state index in [1.165, 1.54) is 12.1 Å². The molecule has 0 unspecified atom stereocenters. The van der Waals surface area contributed by atoms with Gasteiger partial charge in [0.15, 0.2) is 0 Å². The van der Waals surface area contributed by atoms with Crippen LogP contribution in [-0.2, 0) is 11.3 Å². The van der Waals surface area contributed by atoms with Crippen molar-refractivity contribution in [1.29, 1.82) is 0 Å². The first-order valence-corrected chi connectivity index (χ1v) is 5.83. The molecule has 0 aliphatic rings. The Morgan fingerprint density at radius 3 is 2.71 bits per heavy atom. The molecular weight excluding hydrogens is 219 g/mol. The fraction of sp³-hybridized carbons (Fsp3) is 0.538. The van der Waals surface area contributed by atoms with Crippen LogP contribution in [0.15, 0.2) is 18.2 Å². The van der Waals surface area contributed by atoms with Gasteiger partial charge in [-0.05, 0) is 38.6 Å². The second-order valence-corrected chi connectivity index (χ2v) is 4.50. The molecule has 2 N–H and O–H groups in total. The average molecular weight is 240 g/mol. The number of anilines is 1. The lowest BCUT2D eigenvalue weighted by Crippen LogP contribution is -2.24. The maximum absolute atomic E-state index is 12.9. The van der Waals surface area contributed by atoms with E-state index in [0.29, 0.717) is 18.8 Å². The number of nitrogens with two attached hydrogens (primary N) is 1. The second kappa shape index (κ2) is 6.57. The van der Waals surface area contributed by atoms with Crippen LogP contribution in [0, 0.1) is 5.82 Å². The predicted octanol–water partition coefficient (Wildman–Crippen LogP) is 2.26. The van der Waals surface area contributed by atoms with Crippen LogP contribution < -0.4 is 5.73 Å². The zero-order valence-corrected chi connectivity index (χ0v) is 10.7. The maximum Gasteiger partial charge on any atom is 0.125 e. The summed E-state index contributed by atoms with van der Waals surface area (Å²) in [5, 5.41) is 0. The molecule has 1 aromatic carbocycles. The molecule has 0 spiro atoms. The minimum Gasteiger partial charge on any atom is -0.398 e. The average Bonchev–Trinajstić information content (AvgIpc) is 2.21. The van der Waals surface area contributed by atoms with E-state index in [2.05, 4.69) is 4.90 Å². The summed E-state index contributed by atoms with van der Waals surface area (Å²) in [6.07, 6.45) is 0.249. The van der Waals surface area contributed by atoms with E-state index < -0.39 is 0 Å². The Morgan fingerprint density at radius 1 is 1.41 bits per heavy atom. The molecule has 0 atom stereocenters. The predicted molar refractivity (Wildman–Crippen MR) is 68.2 cm³/mol. The van der Waals surface area contributed by atoms with Crippen molar-refractivity contribution in [3.05, 3.63) is 29.6 Å². The molecule has 0 saturated carbocycles. The minimum atomic E-state index is -0.294. The fourth-order valence-corrected chi connectivity index (χ4v) is 1.52. The van der Waals surface area contributed by atoms with Crippen LogP contribution in [0.1, 0.15) is 19.4 Å². The molecule has 0 bridgehead atoms.